The van der Waals surface area contributed by atoms with Crippen LogP contribution in [0.25, 0.3) is 0 Å². The molecular weight excluding hydrogens is 248 g/mol. The third kappa shape index (κ3) is 3.27. The number of rotatable bonds is 4. The van der Waals surface area contributed by atoms with Gasteiger partial charge in [-0.05, 0) is 30.5 Å². The largest absolute Gasteiger partial charge is 0.382 e. The Morgan fingerprint density at radius 2 is 2.33 bits per heavy atom. The Kier molecular flexibility index (Phi) is 3.88. The van der Waals surface area contributed by atoms with Gasteiger partial charge in [0.25, 0.3) is 0 Å². The zero-order valence-corrected chi connectivity index (χ0v) is 10.8. The zero-order chi connectivity index (χ0) is 13.0. The van der Waals surface area contributed by atoms with E-state index in [1.165, 1.54) is 4.68 Å². The molecule has 1 aromatic heterocycles. The van der Waals surface area contributed by atoms with Crippen molar-refractivity contribution >= 4 is 29.2 Å². The van der Waals surface area contributed by atoms with Crippen molar-refractivity contribution in [3.63, 3.8) is 0 Å². The summed E-state index contributed by atoms with van der Waals surface area (Å²) in [6, 6.07) is 9.35. The number of anilines is 2. The minimum atomic E-state index is -0.128. The van der Waals surface area contributed by atoms with Crippen molar-refractivity contribution in [2.75, 3.05) is 17.3 Å². The summed E-state index contributed by atoms with van der Waals surface area (Å²) in [6.07, 6.45) is 3.67. The van der Waals surface area contributed by atoms with E-state index in [1.54, 1.807) is 24.0 Å². The van der Waals surface area contributed by atoms with E-state index in [0.717, 1.165) is 10.6 Å². The topological polar surface area (TPSA) is 72.9 Å². The summed E-state index contributed by atoms with van der Waals surface area (Å²) in [5, 5.41) is 6.78. The molecule has 0 aliphatic rings. The highest BCUT2D eigenvalue weighted by Crippen LogP contribution is 2.18. The van der Waals surface area contributed by atoms with Crippen LogP contribution in [0.3, 0.4) is 0 Å². The van der Waals surface area contributed by atoms with Crippen LogP contribution in [-0.2, 0) is 11.3 Å². The van der Waals surface area contributed by atoms with E-state index in [4.69, 9.17) is 5.73 Å². The van der Waals surface area contributed by atoms with Crippen LogP contribution >= 0.6 is 11.8 Å². The lowest BCUT2D eigenvalue weighted by Gasteiger charge is -2.06. The van der Waals surface area contributed by atoms with Crippen molar-refractivity contribution in [2.45, 2.75) is 11.4 Å². The third-order valence-electron chi connectivity index (χ3n) is 2.32. The Morgan fingerprint density at radius 1 is 1.50 bits per heavy atom. The van der Waals surface area contributed by atoms with Crippen LogP contribution in [0.5, 0.6) is 0 Å². The molecule has 2 aromatic rings. The lowest BCUT2D eigenvalue weighted by atomic mass is 10.3. The van der Waals surface area contributed by atoms with Gasteiger partial charge in [-0.25, -0.2) is 0 Å². The number of amides is 1. The molecule has 0 unspecified atom stereocenters. The quantitative estimate of drug-likeness (QED) is 0.824. The Morgan fingerprint density at radius 3 is 3.00 bits per heavy atom. The van der Waals surface area contributed by atoms with E-state index < -0.39 is 0 Å². The maximum absolute atomic E-state index is 11.8. The summed E-state index contributed by atoms with van der Waals surface area (Å²) in [4.78, 5) is 12.9. The molecule has 0 aliphatic heterocycles. The molecule has 1 aromatic carbocycles. The third-order valence-corrected chi connectivity index (χ3v) is 3.05. The van der Waals surface area contributed by atoms with E-state index in [-0.39, 0.29) is 12.5 Å². The van der Waals surface area contributed by atoms with Crippen LogP contribution in [0.4, 0.5) is 11.5 Å². The molecule has 3 N–H and O–H groups in total. The van der Waals surface area contributed by atoms with E-state index in [0.29, 0.717) is 5.82 Å². The van der Waals surface area contributed by atoms with Crippen molar-refractivity contribution < 1.29 is 4.79 Å². The van der Waals surface area contributed by atoms with Crippen molar-refractivity contribution in [1.82, 2.24) is 9.78 Å². The normalized spacial score (nSPS) is 10.3. The second kappa shape index (κ2) is 5.59. The van der Waals surface area contributed by atoms with Crippen molar-refractivity contribution in [3.05, 3.63) is 36.5 Å². The van der Waals surface area contributed by atoms with Gasteiger partial charge >= 0.3 is 0 Å². The average molecular weight is 262 g/mol. The monoisotopic (exact) mass is 262 g/mol. The molecule has 1 amide bonds. The molecule has 0 fully saturated rings. The smallest absolute Gasteiger partial charge is 0.246 e. The van der Waals surface area contributed by atoms with Gasteiger partial charge in [0.2, 0.25) is 5.91 Å². The first-order valence-corrected chi connectivity index (χ1v) is 6.62. The van der Waals surface area contributed by atoms with Crippen molar-refractivity contribution in [3.8, 4) is 0 Å². The fourth-order valence-electron chi connectivity index (χ4n) is 1.51. The second-order valence-electron chi connectivity index (χ2n) is 3.72. The molecule has 0 bridgehead atoms. The van der Waals surface area contributed by atoms with Gasteiger partial charge in [0, 0.05) is 16.8 Å². The van der Waals surface area contributed by atoms with Gasteiger partial charge in [-0.2, -0.15) is 5.10 Å². The average Bonchev–Trinajstić information content (AvgIpc) is 2.74. The fourth-order valence-corrected chi connectivity index (χ4v) is 1.97. The van der Waals surface area contributed by atoms with Crippen LogP contribution in [-0.4, -0.2) is 21.9 Å². The fraction of sp³-hybridized carbons (Fsp3) is 0.167. The van der Waals surface area contributed by atoms with Crippen LogP contribution in [0.15, 0.2) is 41.4 Å². The first kappa shape index (κ1) is 12.5. The summed E-state index contributed by atoms with van der Waals surface area (Å²) >= 11 is 1.63. The van der Waals surface area contributed by atoms with Gasteiger partial charge < -0.3 is 11.1 Å². The molecule has 0 saturated heterocycles. The number of carbonyl (C=O) groups is 1. The predicted octanol–water partition coefficient (Wildman–Crippen LogP) is 1.83. The number of carbonyl (C=O) groups excluding carboxylic acids is 1. The van der Waals surface area contributed by atoms with E-state index in [9.17, 15) is 4.79 Å². The van der Waals surface area contributed by atoms with Crippen LogP contribution in [0.2, 0.25) is 0 Å². The number of hydrogen-bond acceptors (Lipinski definition) is 4. The zero-order valence-electron chi connectivity index (χ0n) is 9.96. The van der Waals surface area contributed by atoms with Gasteiger partial charge in [0.1, 0.15) is 12.4 Å². The maximum Gasteiger partial charge on any atom is 0.246 e. The van der Waals surface area contributed by atoms with Gasteiger partial charge in [0.05, 0.1) is 0 Å². The molecule has 0 radical (unpaired) electrons. The first-order valence-electron chi connectivity index (χ1n) is 5.40. The number of aromatic nitrogens is 2. The Hall–Kier alpha value is -1.95. The molecule has 1 heterocycles. The number of thioether (sulfide) groups is 1. The number of benzene rings is 1. The van der Waals surface area contributed by atoms with Gasteiger partial charge in [-0.1, -0.05) is 6.07 Å². The van der Waals surface area contributed by atoms with Gasteiger partial charge in [0.15, 0.2) is 0 Å². The number of nitrogens with two attached hydrogens (primary N) is 1. The Bertz CT molecular complexity index is 553. The SMILES string of the molecule is CSc1cccc(NC(=O)Cn2ccc(N)n2)c1. The minimum Gasteiger partial charge on any atom is -0.382 e. The number of nitrogen functional groups attached to an aromatic ring is 1. The van der Waals surface area contributed by atoms with E-state index >= 15 is 0 Å². The highest BCUT2D eigenvalue weighted by Gasteiger charge is 2.05. The highest BCUT2D eigenvalue weighted by molar-refractivity contribution is 7.98. The highest BCUT2D eigenvalue weighted by atomic mass is 32.2. The molecule has 0 atom stereocenters. The Labute approximate surface area is 109 Å². The van der Waals surface area contributed by atoms with Crippen molar-refractivity contribution in [1.29, 1.82) is 0 Å². The molecule has 2 rings (SSSR count). The summed E-state index contributed by atoms with van der Waals surface area (Å²) in [5.74, 6) is 0.281. The van der Waals surface area contributed by atoms with Crippen LogP contribution in [0.1, 0.15) is 0 Å². The predicted molar refractivity (Wildman–Crippen MR) is 73.5 cm³/mol. The first-order chi connectivity index (χ1) is 8.67. The molecule has 0 spiro atoms. The summed E-state index contributed by atoms with van der Waals surface area (Å²) in [7, 11) is 0. The lowest BCUT2D eigenvalue weighted by molar-refractivity contribution is -0.116. The Balaban J connectivity index is 1.98. The molecule has 6 heteroatoms. The number of nitrogens with one attached hydrogen (secondary N) is 1. The number of hydrogen-bond donors (Lipinski definition) is 2. The molecule has 0 saturated carbocycles. The maximum atomic E-state index is 11.8. The number of nitrogens with zero attached hydrogens (tertiary/aromatic N) is 2. The standard InChI is InChI=1S/C12H14N4OS/c1-18-10-4-2-3-9(7-10)14-12(17)8-16-6-5-11(13)15-16/h2-7H,8H2,1H3,(H2,13,15)(H,14,17). The van der Waals surface area contributed by atoms with Crippen molar-refractivity contribution in [2.24, 2.45) is 0 Å². The minimum absolute atomic E-state index is 0.128. The molecular formula is C12H14N4OS. The molecule has 5 nitrogen and oxygen atoms in total. The van der Waals surface area contributed by atoms with E-state index in [2.05, 4.69) is 10.4 Å². The molecule has 0 aliphatic carbocycles. The second-order valence-corrected chi connectivity index (χ2v) is 4.60. The van der Waals surface area contributed by atoms with Crippen LogP contribution < -0.4 is 11.1 Å². The van der Waals surface area contributed by atoms with E-state index in [1.807, 2.05) is 30.5 Å². The lowest BCUT2D eigenvalue weighted by Crippen LogP contribution is -2.19. The van der Waals surface area contributed by atoms with Crippen LogP contribution in [0, 0.1) is 0 Å². The van der Waals surface area contributed by atoms with Gasteiger partial charge in [-0.3, -0.25) is 9.48 Å². The van der Waals surface area contributed by atoms with Gasteiger partial charge in [-0.15, -0.1) is 11.8 Å². The molecule has 94 valence electrons. The summed E-state index contributed by atoms with van der Waals surface area (Å²) in [6.45, 7) is 0.153. The summed E-state index contributed by atoms with van der Waals surface area (Å²) < 4.78 is 1.50. The molecule has 18 heavy (non-hydrogen) atoms. The summed E-state index contributed by atoms with van der Waals surface area (Å²) in [5.41, 5.74) is 6.26.